The first kappa shape index (κ1) is 12.8. The van der Waals surface area contributed by atoms with Crippen LogP contribution >= 0.6 is 11.3 Å². The third-order valence-electron chi connectivity index (χ3n) is 3.70. The van der Waals surface area contributed by atoms with Crippen molar-refractivity contribution < 1.29 is 0 Å². The highest BCUT2D eigenvalue weighted by atomic mass is 32.1. The standard InChI is InChI=1S/C16H20N2S/c1-10-8-11(2)14(12(3)9-10)15(18-13-4-5-13)16-17-6-7-19-16/h6-9,13,15,18H,4-5H2,1-3H3. The molecule has 3 heteroatoms. The Morgan fingerprint density at radius 2 is 1.89 bits per heavy atom. The zero-order chi connectivity index (χ0) is 13.4. The Hall–Kier alpha value is -1.19. The fraction of sp³-hybridized carbons (Fsp3) is 0.438. The van der Waals surface area contributed by atoms with Gasteiger partial charge in [0, 0.05) is 17.6 Å². The number of benzene rings is 1. The highest BCUT2D eigenvalue weighted by Crippen LogP contribution is 2.33. The van der Waals surface area contributed by atoms with Crippen molar-refractivity contribution in [3.05, 3.63) is 51.0 Å². The highest BCUT2D eigenvalue weighted by Gasteiger charge is 2.29. The van der Waals surface area contributed by atoms with E-state index in [2.05, 4.69) is 48.6 Å². The first-order valence-electron chi connectivity index (χ1n) is 6.88. The molecule has 0 bridgehead atoms. The van der Waals surface area contributed by atoms with Crippen molar-refractivity contribution in [3.63, 3.8) is 0 Å². The average molecular weight is 272 g/mol. The van der Waals surface area contributed by atoms with Crippen LogP contribution in [0.15, 0.2) is 23.7 Å². The van der Waals surface area contributed by atoms with E-state index in [0.29, 0.717) is 6.04 Å². The van der Waals surface area contributed by atoms with Gasteiger partial charge in [-0.25, -0.2) is 4.98 Å². The van der Waals surface area contributed by atoms with Gasteiger partial charge in [-0.3, -0.25) is 0 Å². The number of aromatic nitrogens is 1. The number of thiazole rings is 1. The van der Waals surface area contributed by atoms with Crippen molar-refractivity contribution in [1.29, 1.82) is 0 Å². The van der Waals surface area contributed by atoms with Gasteiger partial charge < -0.3 is 5.32 Å². The van der Waals surface area contributed by atoms with Crippen LogP contribution in [0.4, 0.5) is 0 Å². The van der Waals surface area contributed by atoms with Gasteiger partial charge >= 0.3 is 0 Å². The minimum atomic E-state index is 0.257. The zero-order valence-electron chi connectivity index (χ0n) is 11.7. The molecule has 19 heavy (non-hydrogen) atoms. The Kier molecular flexibility index (Phi) is 3.42. The number of hydrogen-bond acceptors (Lipinski definition) is 3. The van der Waals surface area contributed by atoms with Crippen LogP contribution in [0.1, 0.15) is 46.1 Å². The van der Waals surface area contributed by atoms with Gasteiger partial charge in [-0.15, -0.1) is 11.3 Å². The minimum Gasteiger partial charge on any atom is -0.301 e. The lowest BCUT2D eigenvalue weighted by atomic mass is 9.94. The molecule has 100 valence electrons. The molecule has 0 amide bonds. The van der Waals surface area contributed by atoms with Crippen LogP contribution in [0, 0.1) is 20.8 Å². The second-order valence-corrected chi connectivity index (χ2v) is 6.48. The largest absolute Gasteiger partial charge is 0.301 e. The number of aryl methyl sites for hydroxylation is 3. The van der Waals surface area contributed by atoms with Gasteiger partial charge in [-0.05, 0) is 50.3 Å². The summed E-state index contributed by atoms with van der Waals surface area (Å²) in [5, 5.41) is 7.01. The fourth-order valence-corrected chi connectivity index (χ4v) is 3.49. The van der Waals surface area contributed by atoms with Gasteiger partial charge in [0.1, 0.15) is 5.01 Å². The summed E-state index contributed by atoms with van der Waals surface area (Å²) >= 11 is 1.74. The molecule has 2 aromatic rings. The quantitative estimate of drug-likeness (QED) is 0.912. The highest BCUT2D eigenvalue weighted by molar-refractivity contribution is 7.09. The van der Waals surface area contributed by atoms with Gasteiger partial charge in [0.15, 0.2) is 0 Å². The van der Waals surface area contributed by atoms with Crippen LogP contribution in [0.25, 0.3) is 0 Å². The van der Waals surface area contributed by atoms with E-state index >= 15 is 0 Å². The second kappa shape index (κ2) is 5.06. The SMILES string of the molecule is Cc1cc(C)c(C(NC2CC2)c2nccs2)c(C)c1. The van der Waals surface area contributed by atoms with Gasteiger partial charge in [0.25, 0.3) is 0 Å². The molecule has 1 aliphatic carbocycles. The van der Waals surface area contributed by atoms with Gasteiger partial charge in [0.05, 0.1) is 6.04 Å². The summed E-state index contributed by atoms with van der Waals surface area (Å²) < 4.78 is 0. The summed E-state index contributed by atoms with van der Waals surface area (Å²) in [6.45, 7) is 6.59. The van der Waals surface area contributed by atoms with E-state index in [1.165, 1.54) is 40.1 Å². The average Bonchev–Trinajstić information content (AvgIpc) is 2.99. The topological polar surface area (TPSA) is 24.9 Å². The third kappa shape index (κ3) is 2.72. The molecule has 1 atom stereocenters. The molecule has 0 spiro atoms. The lowest BCUT2D eigenvalue weighted by Crippen LogP contribution is -2.25. The fourth-order valence-electron chi connectivity index (χ4n) is 2.79. The first-order chi connectivity index (χ1) is 9.15. The summed E-state index contributed by atoms with van der Waals surface area (Å²) in [4.78, 5) is 4.53. The van der Waals surface area contributed by atoms with Crippen LogP contribution in [-0.4, -0.2) is 11.0 Å². The Balaban J connectivity index is 2.03. The molecule has 1 fully saturated rings. The molecule has 0 saturated heterocycles. The maximum absolute atomic E-state index is 4.53. The predicted octanol–water partition coefficient (Wildman–Crippen LogP) is 3.91. The lowest BCUT2D eigenvalue weighted by molar-refractivity contribution is 0.593. The normalized spacial score (nSPS) is 16.6. The number of nitrogens with one attached hydrogen (secondary N) is 1. The predicted molar refractivity (Wildman–Crippen MR) is 80.8 cm³/mol. The van der Waals surface area contributed by atoms with Crippen LogP contribution in [0.5, 0.6) is 0 Å². The summed E-state index contributed by atoms with van der Waals surface area (Å²) in [6, 6.07) is 5.48. The monoisotopic (exact) mass is 272 g/mol. The Morgan fingerprint density at radius 3 is 2.42 bits per heavy atom. The summed E-state index contributed by atoms with van der Waals surface area (Å²) in [5.41, 5.74) is 5.48. The van der Waals surface area contributed by atoms with Crippen LogP contribution in [0.3, 0.4) is 0 Å². The molecule has 0 radical (unpaired) electrons. The maximum atomic E-state index is 4.53. The van der Waals surface area contributed by atoms with Crippen LogP contribution in [0.2, 0.25) is 0 Å². The van der Waals surface area contributed by atoms with E-state index in [9.17, 15) is 0 Å². The molecular formula is C16H20N2S. The van der Waals surface area contributed by atoms with E-state index in [4.69, 9.17) is 0 Å². The lowest BCUT2D eigenvalue weighted by Gasteiger charge is -2.22. The van der Waals surface area contributed by atoms with Crippen LogP contribution in [-0.2, 0) is 0 Å². The molecule has 1 aromatic carbocycles. The van der Waals surface area contributed by atoms with E-state index in [0.717, 1.165) is 0 Å². The van der Waals surface area contributed by atoms with E-state index in [1.54, 1.807) is 11.3 Å². The van der Waals surface area contributed by atoms with Gasteiger partial charge in [-0.1, -0.05) is 17.7 Å². The van der Waals surface area contributed by atoms with Gasteiger partial charge in [0.2, 0.25) is 0 Å². The number of nitrogens with zero attached hydrogens (tertiary/aromatic N) is 1. The van der Waals surface area contributed by atoms with Gasteiger partial charge in [-0.2, -0.15) is 0 Å². The van der Waals surface area contributed by atoms with E-state index in [-0.39, 0.29) is 6.04 Å². The van der Waals surface area contributed by atoms with Crippen molar-refractivity contribution in [3.8, 4) is 0 Å². The Labute approximate surface area is 118 Å². The minimum absolute atomic E-state index is 0.257. The smallest absolute Gasteiger partial charge is 0.114 e. The molecule has 2 nitrogen and oxygen atoms in total. The molecule has 1 aromatic heterocycles. The molecule has 0 aliphatic heterocycles. The third-order valence-corrected chi connectivity index (χ3v) is 4.55. The van der Waals surface area contributed by atoms with E-state index in [1.807, 2.05) is 6.20 Å². The first-order valence-corrected chi connectivity index (χ1v) is 7.76. The molecule has 1 aliphatic rings. The summed E-state index contributed by atoms with van der Waals surface area (Å²) in [5.74, 6) is 0. The molecule has 1 N–H and O–H groups in total. The molecule has 1 heterocycles. The zero-order valence-corrected chi connectivity index (χ0v) is 12.6. The second-order valence-electron chi connectivity index (χ2n) is 5.56. The van der Waals surface area contributed by atoms with Crippen molar-refractivity contribution in [2.45, 2.75) is 45.7 Å². The van der Waals surface area contributed by atoms with Crippen molar-refractivity contribution in [1.82, 2.24) is 10.3 Å². The molecule has 1 unspecified atom stereocenters. The Morgan fingerprint density at radius 1 is 1.21 bits per heavy atom. The Bertz CT molecular complexity index is 547. The van der Waals surface area contributed by atoms with Crippen LogP contribution < -0.4 is 5.32 Å². The number of hydrogen-bond donors (Lipinski definition) is 1. The van der Waals surface area contributed by atoms with E-state index < -0.39 is 0 Å². The van der Waals surface area contributed by atoms with Crippen molar-refractivity contribution >= 4 is 11.3 Å². The molecule has 3 rings (SSSR count). The molecule has 1 saturated carbocycles. The maximum Gasteiger partial charge on any atom is 0.114 e. The number of rotatable bonds is 4. The van der Waals surface area contributed by atoms with Crippen molar-refractivity contribution in [2.24, 2.45) is 0 Å². The summed E-state index contributed by atoms with van der Waals surface area (Å²) in [6.07, 6.45) is 4.50. The summed E-state index contributed by atoms with van der Waals surface area (Å²) in [7, 11) is 0. The molecular weight excluding hydrogens is 252 g/mol. The van der Waals surface area contributed by atoms with Crippen molar-refractivity contribution in [2.75, 3.05) is 0 Å².